The molecule has 1 unspecified atom stereocenters. The fraction of sp³-hybridized carbons (Fsp3) is 0.381. The van der Waals surface area contributed by atoms with Gasteiger partial charge in [-0.05, 0) is 30.7 Å². The molecular weight excluding hydrogens is 498 g/mol. The lowest BCUT2D eigenvalue weighted by Gasteiger charge is -2.40. The number of nitrogens with one attached hydrogen (secondary N) is 3. The number of piperazine rings is 1. The second-order valence-electron chi connectivity index (χ2n) is 8.17. The van der Waals surface area contributed by atoms with Gasteiger partial charge in [-0.25, -0.2) is 13.4 Å². The number of amides is 1. The number of hydrogen-bond acceptors (Lipinski definition) is 8. The predicted molar refractivity (Wildman–Crippen MR) is 128 cm³/mol. The van der Waals surface area contributed by atoms with Crippen LogP contribution in [-0.2, 0) is 23.1 Å². The van der Waals surface area contributed by atoms with Crippen molar-refractivity contribution in [3.8, 4) is 6.07 Å². The number of aromatic amines is 1. The molecule has 3 aromatic rings. The average molecular weight is 520 g/mol. The van der Waals surface area contributed by atoms with E-state index in [1.807, 2.05) is 0 Å². The van der Waals surface area contributed by atoms with E-state index in [1.54, 1.807) is 29.2 Å². The van der Waals surface area contributed by atoms with E-state index in [0.717, 1.165) is 10.6 Å². The number of aromatic nitrogens is 2. The molecule has 5 rings (SSSR count). The lowest BCUT2D eigenvalue weighted by molar-refractivity contribution is 0.0552. The third-order valence-electron chi connectivity index (χ3n) is 6.06. The van der Waals surface area contributed by atoms with Crippen LogP contribution in [0.5, 0.6) is 0 Å². The first-order chi connectivity index (χ1) is 16.4. The summed E-state index contributed by atoms with van der Waals surface area (Å²) in [6, 6.07) is 8.39. The van der Waals surface area contributed by atoms with E-state index in [2.05, 4.69) is 26.9 Å². The van der Waals surface area contributed by atoms with Gasteiger partial charge in [0.25, 0.3) is 15.9 Å². The van der Waals surface area contributed by atoms with Crippen LogP contribution in [0.2, 0.25) is 5.02 Å². The van der Waals surface area contributed by atoms with Crippen molar-refractivity contribution in [1.29, 1.82) is 5.26 Å². The number of nitrogens with zero attached hydrogens (tertiary/aromatic N) is 4. The Hall–Kier alpha value is -2.53. The molecule has 0 saturated carbocycles. The first kappa shape index (κ1) is 23.2. The third kappa shape index (κ3) is 4.31. The Morgan fingerprint density at radius 3 is 2.88 bits per heavy atom. The maximum absolute atomic E-state index is 13.4. The summed E-state index contributed by atoms with van der Waals surface area (Å²) < 4.78 is 28.2. The number of carbonyl (C=O) groups excluding carboxylic acids is 1. The largest absolute Gasteiger partial charge is 0.345 e. The highest BCUT2D eigenvalue weighted by Crippen LogP contribution is 2.28. The van der Waals surface area contributed by atoms with Gasteiger partial charge in [0.2, 0.25) is 0 Å². The zero-order valence-corrected chi connectivity index (χ0v) is 20.4. The van der Waals surface area contributed by atoms with Crippen molar-refractivity contribution in [2.75, 3.05) is 19.6 Å². The normalized spacial score (nSPS) is 19.2. The first-order valence-electron chi connectivity index (χ1n) is 10.8. The van der Waals surface area contributed by atoms with E-state index in [1.165, 1.54) is 15.6 Å². The second kappa shape index (κ2) is 9.26. The topological polar surface area (TPSA) is 134 Å². The Kier molecular flexibility index (Phi) is 6.32. The lowest BCUT2D eigenvalue weighted by atomic mass is 10.1. The van der Waals surface area contributed by atoms with Crippen molar-refractivity contribution >= 4 is 49.8 Å². The summed E-state index contributed by atoms with van der Waals surface area (Å²) >= 11 is 7.39. The Balaban J connectivity index is 1.39. The van der Waals surface area contributed by atoms with Crippen LogP contribution < -0.4 is 10.9 Å². The van der Waals surface area contributed by atoms with Gasteiger partial charge in [-0.1, -0.05) is 11.6 Å². The maximum Gasteiger partial charge on any atom is 0.283 e. The van der Waals surface area contributed by atoms with Gasteiger partial charge in [0, 0.05) is 59.4 Å². The summed E-state index contributed by atoms with van der Waals surface area (Å²) in [5.41, 5.74) is 7.57. The fourth-order valence-electron chi connectivity index (χ4n) is 4.31. The molecule has 0 radical (unpaired) electrons. The molecule has 3 N–H and O–H groups in total. The van der Waals surface area contributed by atoms with Crippen LogP contribution in [0.1, 0.15) is 33.2 Å². The minimum absolute atomic E-state index is 0.0798. The van der Waals surface area contributed by atoms with Crippen LogP contribution in [0.25, 0.3) is 10.9 Å². The van der Waals surface area contributed by atoms with E-state index in [-0.39, 0.29) is 37.0 Å². The molecule has 10 nitrogen and oxygen atoms in total. The zero-order chi connectivity index (χ0) is 23.9. The molecule has 1 atom stereocenters. The van der Waals surface area contributed by atoms with Gasteiger partial charge in [0.05, 0.1) is 18.3 Å². The van der Waals surface area contributed by atoms with Crippen molar-refractivity contribution in [2.45, 2.75) is 37.0 Å². The Morgan fingerprint density at radius 1 is 1.26 bits per heavy atom. The molecule has 4 heterocycles. The minimum Gasteiger partial charge on any atom is -0.345 e. The number of carbonyl (C=O) groups is 1. The third-order valence-corrected chi connectivity index (χ3v) is 9.17. The molecule has 0 spiro atoms. The summed E-state index contributed by atoms with van der Waals surface area (Å²) in [6.45, 7) is 1.63. The highest BCUT2D eigenvalue weighted by Gasteiger charge is 2.38. The fourth-order valence-corrected chi connectivity index (χ4v) is 6.95. The summed E-state index contributed by atoms with van der Waals surface area (Å²) in [5, 5.41) is 10.8. The smallest absolute Gasteiger partial charge is 0.283 e. The Labute approximate surface area is 205 Å². The molecule has 1 fully saturated rings. The monoisotopic (exact) mass is 519 g/mol. The van der Waals surface area contributed by atoms with Crippen LogP contribution in [0, 0.1) is 11.3 Å². The summed E-state index contributed by atoms with van der Waals surface area (Å²) in [5.74, 6) is -0.223. The molecule has 178 valence electrons. The SMILES string of the molecule is N#CCCC1CN(S(=O)(=O)c2cc3cc(Cl)ccc3[nH]2)CCN1C(=O)c1nc2c(s1)CNNC2. The highest BCUT2D eigenvalue weighted by molar-refractivity contribution is 7.89. The van der Waals surface area contributed by atoms with E-state index in [0.29, 0.717) is 40.4 Å². The molecule has 0 aliphatic carbocycles. The molecular formula is C21H22ClN7O3S2. The van der Waals surface area contributed by atoms with Gasteiger partial charge >= 0.3 is 0 Å². The number of sulfonamides is 1. The standard InChI is InChI=1S/C21H22ClN7O3S2/c22-14-3-4-16-13(8-14)9-19(26-16)34(31,32)28-6-7-29(15(12-28)2-1-5-23)21(30)20-27-17-10-24-25-11-18(17)33-20/h3-4,8-9,15,24-26H,1-2,6-7,10-12H2. The first-order valence-corrected chi connectivity index (χ1v) is 13.4. The predicted octanol–water partition coefficient (Wildman–Crippen LogP) is 2.20. The highest BCUT2D eigenvalue weighted by atomic mass is 35.5. The van der Waals surface area contributed by atoms with Crippen molar-refractivity contribution in [1.82, 2.24) is 30.0 Å². The number of rotatable bonds is 5. The second-order valence-corrected chi connectivity index (χ2v) is 11.6. The molecule has 1 saturated heterocycles. The molecule has 2 aliphatic heterocycles. The summed E-state index contributed by atoms with van der Waals surface area (Å²) in [4.78, 5) is 23.5. The quantitative estimate of drug-likeness (QED) is 0.470. The Bertz CT molecular complexity index is 1370. The number of H-pyrrole nitrogens is 1. The van der Waals surface area contributed by atoms with E-state index in [9.17, 15) is 13.2 Å². The molecule has 0 bridgehead atoms. The Morgan fingerprint density at radius 2 is 2.09 bits per heavy atom. The van der Waals surface area contributed by atoms with Crippen LogP contribution >= 0.6 is 22.9 Å². The zero-order valence-electron chi connectivity index (χ0n) is 18.0. The number of hydrazine groups is 1. The van der Waals surface area contributed by atoms with Crippen molar-refractivity contribution < 1.29 is 13.2 Å². The van der Waals surface area contributed by atoms with Gasteiger partial charge in [-0.3, -0.25) is 15.6 Å². The number of hydrogen-bond donors (Lipinski definition) is 3. The van der Waals surface area contributed by atoms with E-state index >= 15 is 0 Å². The summed E-state index contributed by atoms with van der Waals surface area (Å²) in [7, 11) is -3.83. The molecule has 1 amide bonds. The number of benzene rings is 1. The van der Waals surface area contributed by atoms with E-state index < -0.39 is 16.1 Å². The van der Waals surface area contributed by atoms with Crippen molar-refractivity contribution in [3.05, 3.63) is 44.9 Å². The summed E-state index contributed by atoms with van der Waals surface area (Å²) in [6.07, 6.45) is 0.597. The van der Waals surface area contributed by atoms with Gasteiger partial charge in [-0.15, -0.1) is 11.3 Å². The van der Waals surface area contributed by atoms with Crippen molar-refractivity contribution in [2.24, 2.45) is 0 Å². The molecule has 2 aromatic heterocycles. The number of halogens is 1. The van der Waals surface area contributed by atoms with Crippen LogP contribution in [-0.4, -0.2) is 59.2 Å². The molecule has 13 heteroatoms. The molecule has 34 heavy (non-hydrogen) atoms. The van der Waals surface area contributed by atoms with E-state index in [4.69, 9.17) is 16.9 Å². The molecule has 1 aromatic carbocycles. The number of thiazole rings is 1. The van der Waals surface area contributed by atoms with Crippen molar-refractivity contribution in [3.63, 3.8) is 0 Å². The van der Waals surface area contributed by atoms with Gasteiger partial charge in [-0.2, -0.15) is 9.57 Å². The number of nitriles is 1. The van der Waals surface area contributed by atoms with Gasteiger partial charge in [0.1, 0.15) is 5.03 Å². The van der Waals surface area contributed by atoms with Crippen LogP contribution in [0.3, 0.4) is 0 Å². The molecule has 2 aliphatic rings. The minimum atomic E-state index is -3.83. The maximum atomic E-state index is 13.4. The van der Waals surface area contributed by atoms with Gasteiger partial charge < -0.3 is 9.88 Å². The average Bonchev–Trinajstić information content (AvgIpc) is 3.46. The van der Waals surface area contributed by atoms with Crippen LogP contribution in [0.4, 0.5) is 0 Å². The lowest BCUT2D eigenvalue weighted by Crippen LogP contribution is -2.56. The van der Waals surface area contributed by atoms with Crippen LogP contribution in [0.15, 0.2) is 29.3 Å². The van der Waals surface area contributed by atoms with Gasteiger partial charge in [0.15, 0.2) is 5.01 Å². The number of fused-ring (bicyclic) bond motifs is 2.